The van der Waals surface area contributed by atoms with E-state index < -0.39 is 5.60 Å². The Morgan fingerprint density at radius 3 is 1.64 bits per heavy atom. The predicted molar refractivity (Wildman–Crippen MR) is 43.1 cm³/mol. The molecule has 0 aromatic rings. The first-order chi connectivity index (χ1) is 4.21. The molecule has 0 aliphatic carbocycles. The summed E-state index contributed by atoms with van der Waals surface area (Å²) >= 11 is 0. The Kier molecular flexibility index (Phi) is 7.28. The van der Waals surface area contributed by atoms with Crippen LogP contribution in [-0.2, 0) is 4.74 Å². The van der Waals surface area contributed by atoms with Crippen molar-refractivity contribution < 1.29 is 62.7 Å². The molecule has 0 heterocycles. The van der Waals surface area contributed by atoms with Gasteiger partial charge in [0.2, 0.25) is 0 Å². The summed E-state index contributed by atoms with van der Waals surface area (Å²) in [4.78, 5) is 0. The molecule has 0 bridgehead atoms. The molecule has 11 heavy (non-hydrogen) atoms. The summed E-state index contributed by atoms with van der Waals surface area (Å²) in [6, 6.07) is 0. The van der Waals surface area contributed by atoms with Gasteiger partial charge in [-0.3, -0.25) is 0 Å². The SMILES string of the molecule is CC(C)(O)COC(C)(C)C.[H-].[K+]. The average molecular weight is 186 g/mol. The van der Waals surface area contributed by atoms with E-state index in [-0.39, 0.29) is 58.4 Å². The zero-order valence-corrected chi connectivity index (χ0v) is 11.7. The molecule has 1 N–H and O–H groups in total. The maximum Gasteiger partial charge on any atom is 1.00 e. The van der Waals surface area contributed by atoms with Crippen molar-refractivity contribution in [2.75, 3.05) is 6.61 Å². The third kappa shape index (κ3) is 14.4. The summed E-state index contributed by atoms with van der Waals surface area (Å²) < 4.78 is 5.34. The van der Waals surface area contributed by atoms with Gasteiger partial charge >= 0.3 is 51.4 Å². The van der Waals surface area contributed by atoms with E-state index in [4.69, 9.17) is 4.74 Å². The van der Waals surface area contributed by atoms with Gasteiger partial charge in [0.15, 0.2) is 0 Å². The van der Waals surface area contributed by atoms with Gasteiger partial charge in [-0.15, -0.1) is 0 Å². The first-order valence-corrected chi connectivity index (χ1v) is 3.57. The van der Waals surface area contributed by atoms with Gasteiger partial charge in [-0.2, -0.15) is 0 Å². The molecule has 3 heteroatoms. The van der Waals surface area contributed by atoms with E-state index in [1.54, 1.807) is 13.8 Å². The van der Waals surface area contributed by atoms with Crippen molar-refractivity contribution in [3.8, 4) is 0 Å². The van der Waals surface area contributed by atoms with Gasteiger partial charge in [0.25, 0.3) is 0 Å². The van der Waals surface area contributed by atoms with Crippen LogP contribution in [0.3, 0.4) is 0 Å². The van der Waals surface area contributed by atoms with Crippen molar-refractivity contribution in [2.24, 2.45) is 0 Å². The minimum atomic E-state index is -0.715. The number of ether oxygens (including phenoxy) is 1. The fraction of sp³-hybridized carbons (Fsp3) is 1.00. The van der Waals surface area contributed by atoms with Crippen LogP contribution in [0.1, 0.15) is 36.0 Å². The first-order valence-electron chi connectivity index (χ1n) is 3.57. The second kappa shape index (κ2) is 5.32. The first kappa shape index (κ1) is 15.0. The number of rotatable bonds is 2. The third-order valence-corrected chi connectivity index (χ3v) is 0.858. The molecule has 0 aliphatic rings. The summed E-state index contributed by atoms with van der Waals surface area (Å²) in [6.07, 6.45) is 0. The van der Waals surface area contributed by atoms with Gasteiger partial charge in [0.1, 0.15) is 0 Å². The normalized spacial score (nSPS) is 12.5. The zero-order chi connectivity index (χ0) is 8.41. The molecule has 0 amide bonds. The number of hydrogen-bond acceptors (Lipinski definition) is 2. The predicted octanol–water partition coefficient (Wildman–Crippen LogP) is -1.31. The summed E-state index contributed by atoms with van der Waals surface area (Å²) in [6.45, 7) is 9.77. The van der Waals surface area contributed by atoms with Crippen molar-refractivity contribution in [1.82, 2.24) is 0 Å². The van der Waals surface area contributed by atoms with E-state index in [0.29, 0.717) is 6.61 Å². The van der Waals surface area contributed by atoms with Crippen molar-refractivity contribution in [3.05, 3.63) is 0 Å². The maximum absolute atomic E-state index is 9.26. The van der Waals surface area contributed by atoms with Gasteiger partial charge in [-0.25, -0.2) is 0 Å². The molecule has 0 fully saturated rings. The van der Waals surface area contributed by atoms with Crippen LogP contribution in [0, 0.1) is 0 Å². The second-order valence-electron chi connectivity index (χ2n) is 4.21. The molecular weight excluding hydrogens is 167 g/mol. The fourth-order valence-electron chi connectivity index (χ4n) is 0.393. The van der Waals surface area contributed by atoms with Gasteiger partial charge in [-0.05, 0) is 34.6 Å². The summed E-state index contributed by atoms with van der Waals surface area (Å²) in [7, 11) is 0. The molecule has 0 aromatic heterocycles. The molecule has 0 saturated carbocycles. The van der Waals surface area contributed by atoms with E-state index in [2.05, 4.69) is 0 Å². The quantitative estimate of drug-likeness (QED) is 0.543. The Labute approximate surface area is 114 Å². The summed E-state index contributed by atoms with van der Waals surface area (Å²) in [5.74, 6) is 0. The van der Waals surface area contributed by atoms with Crippen molar-refractivity contribution >= 4 is 0 Å². The van der Waals surface area contributed by atoms with Crippen LogP contribution in [0.15, 0.2) is 0 Å². The van der Waals surface area contributed by atoms with Crippen molar-refractivity contribution in [3.63, 3.8) is 0 Å². The number of aliphatic hydroxyl groups is 1. The Hall–Kier alpha value is 1.56. The van der Waals surface area contributed by atoms with Gasteiger partial charge in [0, 0.05) is 0 Å². The summed E-state index contributed by atoms with van der Waals surface area (Å²) in [5, 5.41) is 9.26. The Morgan fingerprint density at radius 1 is 1.18 bits per heavy atom. The molecule has 0 radical (unpaired) electrons. The monoisotopic (exact) mass is 186 g/mol. The number of hydrogen-bond donors (Lipinski definition) is 1. The topological polar surface area (TPSA) is 29.5 Å². The van der Waals surface area contributed by atoms with Crippen LogP contribution >= 0.6 is 0 Å². The molecule has 0 spiro atoms. The fourth-order valence-corrected chi connectivity index (χ4v) is 0.393. The van der Waals surface area contributed by atoms with Crippen molar-refractivity contribution in [1.29, 1.82) is 0 Å². The standard InChI is InChI=1S/C8H18O2.K.H/c1-7(2,3)10-6-8(4,5)9;;/h9H,6H2,1-5H3;;/q;+1;-1. The van der Waals surface area contributed by atoms with E-state index in [1.807, 2.05) is 20.8 Å². The summed E-state index contributed by atoms with van der Waals surface area (Å²) in [5.41, 5.74) is -0.868. The molecule has 0 aromatic carbocycles. The van der Waals surface area contributed by atoms with Crippen LogP contribution in [-0.4, -0.2) is 22.9 Å². The van der Waals surface area contributed by atoms with Crippen LogP contribution in [0.4, 0.5) is 0 Å². The zero-order valence-electron chi connectivity index (χ0n) is 9.56. The van der Waals surface area contributed by atoms with Crippen LogP contribution < -0.4 is 51.4 Å². The molecule has 2 nitrogen and oxygen atoms in total. The average Bonchev–Trinajstić information content (AvgIpc) is 1.57. The van der Waals surface area contributed by atoms with E-state index in [1.165, 1.54) is 0 Å². The molecule has 0 aliphatic heterocycles. The van der Waals surface area contributed by atoms with Gasteiger partial charge in [0.05, 0.1) is 17.8 Å². The Balaban J connectivity index is -0.000000405. The van der Waals surface area contributed by atoms with E-state index >= 15 is 0 Å². The third-order valence-electron chi connectivity index (χ3n) is 0.858. The van der Waals surface area contributed by atoms with E-state index in [9.17, 15) is 5.11 Å². The van der Waals surface area contributed by atoms with E-state index in [0.717, 1.165) is 0 Å². The molecule has 0 saturated heterocycles. The van der Waals surface area contributed by atoms with Gasteiger partial charge < -0.3 is 11.3 Å². The smallest absolute Gasteiger partial charge is 1.00 e. The van der Waals surface area contributed by atoms with Gasteiger partial charge in [-0.1, -0.05) is 0 Å². The molecular formula is C8H19KO2. The van der Waals surface area contributed by atoms with Crippen LogP contribution in [0.25, 0.3) is 0 Å². The minimum absolute atomic E-state index is 0. The molecule has 0 atom stereocenters. The molecule has 0 rings (SSSR count). The molecule has 64 valence electrons. The molecule has 0 unspecified atom stereocenters. The minimum Gasteiger partial charge on any atom is -1.00 e. The Morgan fingerprint density at radius 2 is 1.55 bits per heavy atom. The van der Waals surface area contributed by atoms with Crippen molar-refractivity contribution in [2.45, 2.75) is 45.8 Å². The maximum atomic E-state index is 9.26. The van der Waals surface area contributed by atoms with Crippen LogP contribution in [0.2, 0.25) is 0 Å². The van der Waals surface area contributed by atoms with Crippen LogP contribution in [0.5, 0.6) is 0 Å². The largest absolute Gasteiger partial charge is 1.00 e. The Bertz CT molecular complexity index is 90.6. The second-order valence-corrected chi connectivity index (χ2v) is 4.21.